The van der Waals surface area contributed by atoms with Crippen molar-refractivity contribution in [2.24, 2.45) is 35.1 Å². The highest BCUT2D eigenvalue weighted by Gasteiger charge is 2.20. The monoisotopic (exact) mass is 385 g/mol. The number of rotatable bonds is 10. The molecule has 0 spiro atoms. The summed E-state index contributed by atoms with van der Waals surface area (Å²) < 4.78 is 0. The molecule has 3 heteroatoms. The molecule has 2 aliphatic carbocycles. The van der Waals surface area contributed by atoms with E-state index in [4.69, 9.17) is 11.5 Å². The van der Waals surface area contributed by atoms with E-state index in [0.717, 1.165) is 49.9 Å². The molecule has 0 atom stereocenters. The summed E-state index contributed by atoms with van der Waals surface area (Å²) >= 11 is 0. The maximum absolute atomic E-state index is 5.81. The van der Waals surface area contributed by atoms with Crippen molar-refractivity contribution in [2.45, 2.75) is 77.2 Å². The van der Waals surface area contributed by atoms with Gasteiger partial charge in [-0.25, -0.2) is 0 Å². The third-order valence-electron chi connectivity index (χ3n) is 7.46. The van der Waals surface area contributed by atoms with E-state index >= 15 is 0 Å². The molecule has 158 valence electrons. The smallest absolute Gasteiger partial charge is 0.0205 e. The number of aryl methyl sites for hydroxylation is 1. The minimum Gasteiger partial charge on any atom is -0.330 e. The molecular weight excluding hydrogens is 342 g/mol. The van der Waals surface area contributed by atoms with E-state index in [9.17, 15) is 0 Å². The predicted octanol–water partition coefficient (Wildman–Crippen LogP) is 4.63. The van der Waals surface area contributed by atoms with Crippen LogP contribution in [0.4, 0.5) is 0 Å². The van der Waals surface area contributed by atoms with Crippen molar-refractivity contribution >= 4 is 0 Å². The number of nitrogens with two attached hydrogens (primary N) is 2. The average Bonchev–Trinajstić information content (AvgIpc) is 2.76. The van der Waals surface area contributed by atoms with Crippen molar-refractivity contribution in [1.29, 1.82) is 0 Å². The molecule has 28 heavy (non-hydrogen) atoms. The fourth-order valence-electron chi connectivity index (χ4n) is 5.27. The van der Waals surface area contributed by atoms with Crippen LogP contribution in [0.1, 0.15) is 75.3 Å². The van der Waals surface area contributed by atoms with Gasteiger partial charge >= 0.3 is 0 Å². The molecule has 0 aromatic heterocycles. The van der Waals surface area contributed by atoms with Gasteiger partial charge in [0.1, 0.15) is 0 Å². The Kier molecular flexibility index (Phi) is 9.30. The summed E-state index contributed by atoms with van der Waals surface area (Å²) in [6.07, 6.45) is 14.8. The molecule has 5 N–H and O–H groups in total. The lowest BCUT2D eigenvalue weighted by Gasteiger charge is -2.27. The number of hydrogen-bond acceptors (Lipinski definition) is 3. The van der Waals surface area contributed by atoms with Gasteiger partial charge in [-0.2, -0.15) is 0 Å². The van der Waals surface area contributed by atoms with Crippen LogP contribution in [-0.2, 0) is 13.0 Å². The summed E-state index contributed by atoms with van der Waals surface area (Å²) in [6.45, 7) is 3.93. The van der Waals surface area contributed by atoms with Crippen LogP contribution in [0.15, 0.2) is 24.3 Å². The second kappa shape index (κ2) is 11.9. The van der Waals surface area contributed by atoms with Crippen LogP contribution in [0.2, 0.25) is 0 Å². The van der Waals surface area contributed by atoms with Gasteiger partial charge in [0.25, 0.3) is 0 Å². The molecule has 0 amide bonds. The molecule has 0 unspecified atom stereocenters. The van der Waals surface area contributed by atoms with Gasteiger partial charge in [-0.1, -0.05) is 43.5 Å². The number of hydrogen-bond donors (Lipinski definition) is 3. The fraction of sp³-hybridized carbons (Fsp3) is 0.760. The van der Waals surface area contributed by atoms with E-state index in [1.165, 1.54) is 81.8 Å². The standard InChI is InChI=1S/C25H43N3/c26-16-22-8-4-20(5-9-22)2-1-3-21-6-12-24(13-7-21)18-28-19-25-14-10-23(17-27)11-15-25/h6-7,12-13,20,22-23,25,28H,1-5,8-11,14-19,26-27H2. The Labute approximate surface area is 173 Å². The van der Waals surface area contributed by atoms with Gasteiger partial charge < -0.3 is 16.8 Å². The van der Waals surface area contributed by atoms with Gasteiger partial charge in [-0.3, -0.25) is 0 Å². The van der Waals surface area contributed by atoms with Crippen molar-refractivity contribution in [1.82, 2.24) is 5.32 Å². The second-order valence-electron chi connectivity index (χ2n) is 9.58. The Balaban J connectivity index is 1.27. The molecule has 2 saturated carbocycles. The largest absolute Gasteiger partial charge is 0.330 e. The minimum absolute atomic E-state index is 0.782. The van der Waals surface area contributed by atoms with Gasteiger partial charge in [-0.15, -0.1) is 0 Å². The van der Waals surface area contributed by atoms with Crippen LogP contribution < -0.4 is 16.8 Å². The normalized spacial score (nSPS) is 28.4. The lowest BCUT2D eigenvalue weighted by Crippen LogP contribution is -2.28. The Bertz CT molecular complexity index is 476. The highest BCUT2D eigenvalue weighted by molar-refractivity contribution is 5.22. The first-order chi connectivity index (χ1) is 13.8. The van der Waals surface area contributed by atoms with Crippen molar-refractivity contribution in [3.05, 3.63) is 35.4 Å². The Morgan fingerprint density at radius 1 is 0.679 bits per heavy atom. The first-order valence-corrected chi connectivity index (χ1v) is 12.0. The van der Waals surface area contributed by atoms with Crippen molar-refractivity contribution in [2.75, 3.05) is 19.6 Å². The molecule has 0 radical (unpaired) electrons. The molecule has 2 fully saturated rings. The van der Waals surface area contributed by atoms with Crippen molar-refractivity contribution in [3.8, 4) is 0 Å². The maximum Gasteiger partial charge on any atom is 0.0205 e. The maximum atomic E-state index is 5.81. The third-order valence-corrected chi connectivity index (χ3v) is 7.46. The molecule has 0 heterocycles. The first kappa shape index (κ1) is 21.8. The summed E-state index contributed by atoms with van der Waals surface area (Å²) in [5, 5.41) is 3.68. The SMILES string of the molecule is NCC1CCC(CCCc2ccc(CNCC3CCC(CN)CC3)cc2)CC1. The van der Waals surface area contributed by atoms with Gasteiger partial charge in [-0.05, 0) is 106 Å². The third kappa shape index (κ3) is 7.17. The molecule has 3 rings (SSSR count). The zero-order chi connectivity index (χ0) is 19.6. The fourth-order valence-corrected chi connectivity index (χ4v) is 5.27. The van der Waals surface area contributed by atoms with Crippen LogP contribution in [0.5, 0.6) is 0 Å². The molecular formula is C25H43N3. The summed E-state index contributed by atoms with van der Waals surface area (Å²) in [5.74, 6) is 3.39. The van der Waals surface area contributed by atoms with Crippen LogP contribution in [-0.4, -0.2) is 19.6 Å². The summed E-state index contributed by atoms with van der Waals surface area (Å²) in [7, 11) is 0. The van der Waals surface area contributed by atoms with Gasteiger partial charge in [0, 0.05) is 6.54 Å². The Morgan fingerprint density at radius 3 is 1.75 bits per heavy atom. The minimum atomic E-state index is 0.782. The van der Waals surface area contributed by atoms with E-state index in [0.29, 0.717) is 0 Å². The van der Waals surface area contributed by atoms with Crippen LogP contribution >= 0.6 is 0 Å². The van der Waals surface area contributed by atoms with E-state index in [2.05, 4.69) is 29.6 Å². The molecule has 2 aliphatic rings. The van der Waals surface area contributed by atoms with E-state index in [1.807, 2.05) is 0 Å². The zero-order valence-electron chi connectivity index (χ0n) is 17.9. The van der Waals surface area contributed by atoms with Gasteiger partial charge in [0.05, 0.1) is 0 Å². The van der Waals surface area contributed by atoms with E-state index in [1.54, 1.807) is 0 Å². The molecule has 0 aliphatic heterocycles. The second-order valence-corrected chi connectivity index (χ2v) is 9.58. The lowest BCUT2D eigenvalue weighted by atomic mass is 9.80. The van der Waals surface area contributed by atoms with Gasteiger partial charge in [0.15, 0.2) is 0 Å². The zero-order valence-corrected chi connectivity index (χ0v) is 17.9. The lowest BCUT2D eigenvalue weighted by molar-refractivity contribution is 0.264. The topological polar surface area (TPSA) is 64.1 Å². The molecule has 0 saturated heterocycles. The number of benzene rings is 1. The van der Waals surface area contributed by atoms with Crippen LogP contribution in [0.25, 0.3) is 0 Å². The molecule has 1 aromatic carbocycles. The molecule has 3 nitrogen and oxygen atoms in total. The van der Waals surface area contributed by atoms with Crippen molar-refractivity contribution in [3.63, 3.8) is 0 Å². The summed E-state index contributed by atoms with van der Waals surface area (Å²) in [5.41, 5.74) is 14.5. The molecule has 0 bridgehead atoms. The Morgan fingerprint density at radius 2 is 1.18 bits per heavy atom. The van der Waals surface area contributed by atoms with Gasteiger partial charge in [0.2, 0.25) is 0 Å². The van der Waals surface area contributed by atoms with Crippen LogP contribution in [0.3, 0.4) is 0 Å². The van der Waals surface area contributed by atoms with E-state index < -0.39 is 0 Å². The van der Waals surface area contributed by atoms with Crippen molar-refractivity contribution < 1.29 is 0 Å². The average molecular weight is 386 g/mol. The highest BCUT2D eigenvalue weighted by atomic mass is 14.9. The molecule has 1 aromatic rings. The van der Waals surface area contributed by atoms with E-state index in [-0.39, 0.29) is 0 Å². The predicted molar refractivity (Wildman–Crippen MR) is 120 cm³/mol. The Hall–Kier alpha value is -0.900. The quantitative estimate of drug-likeness (QED) is 0.550. The first-order valence-electron chi connectivity index (χ1n) is 12.0. The summed E-state index contributed by atoms with van der Waals surface area (Å²) in [4.78, 5) is 0. The summed E-state index contributed by atoms with van der Waals surface area (Å²) in [6, 6.07) is 9.32. The number of nitrogens with one attached hydrogen (secondary N) is 1. The van der Waals surface area contributed by atoms with Crippen LogP contribution in [0, 0.1) is 23.7 Å². The highest BCUT2D eigenvalue weighted by Crippen LogP contribution is 2.31.